The number of amides is 1. The normalized spacial score (nSPS) is 14.5. The Labute approximate surface area is 201 Å². The molecule has 9 nitrogen and oxygen atoms in total. The number of hydrogen-bond acceptors (Lipinski definition) is 7. The monoisotopic (exact) mass is 491 g/mol. The second-order valence-electron chi connectivity index (χ2n) is 9.01. The molecule has 0 bridgehead atoms. The fourth-order valence-corrected chi connectivity index (χ4v) is 4.69. The Morgan fingerprint density at radius 1 is 1.15 bits per heavy atom. The van der Waals surface area contributed by atoms with Gasteiger partial charge in [-0.05, 0) is 45.4 Å². The van der Waals surface area contributed by atoms with Crippen molar-refractivity contribution in [1.82, 2.24) is 4.90 Å². The smallest absolute Gasteiger partial charge is 0.410 e. The number of aromatic carboxylic acids is 1. The molecule has 0 unspecified atom stereocenters. The first-order valence-electron chi connectivity index (χ1n) is 10.9. The number of carbonyl (C=O) groups excluding carboxylic acids is 1. The molecule has 0 spiro atoms. The molecule has 3 rings (SSSR count). The first kappa shape index (κ1) is 25.4. The van der Waals surface area contributed by atoms with Crippen LogP contribution < -0.4 is 9.47 Å². The Balaban J connectivity index is 1.70. The van der Waals surface area contributed by atoms with E-state index in [-0.39, 0.29) is 22.8 Å². The molecule has 2 N–H and O–H groups in total. The lowest BCUT2D eigenvalue weighted by molar-refractivity contribution is -0.139. The lowest BCUT2D eigenvalue weighted by atomic mass is 10.1. The zero-order valence-electron chi connectivity index (χ0n) is 19.6. The average Bonchev–Trinajstić information content (AvgIpc) is 3.08. The van der Waals surface area contributed by atoms with Gasteiger partial charge in [-0.25, -0.2) is 14.4 Å². The molecule has 1 aliphatic heterocycles. The van der Waals surface area contributed by atoms with Crippen LogP contribution >= 0.6 is 11.3 Å². The third-order valence-corrected chi connectivity index (χ3v) is 6.43. The summed E-state index contributed by atoms with van der Waals surface area (Å²) in [5.41, 5.74) is 0.773. The highest BCUT2D eigenvalue weighted by Gasteiger charge is 2.28. The van der Waals surface area contributed by atoms with Crippen LogP contribution in [0.15, 0.2) is 24.3 Å². The van der Waals surface area contributed by atoms with Gasteiger partial charge in [-0.15, -0.1) is 11.3 Å². The van der Waals surface area contributed by atoms with Crippen molar-refractivity contribution < 1.29 is 38.8 Å². The lowest BCUT2D eigenvalue weighted by Crippen LogP contribution is -2.44. The largest absolute Gasteiger partial charge is 0.490 e. The Hall–Kier alpha value is -3.27. The van der Waals surface area contributed by atoms with E-state index in [4.69, 9.17) is 19.3 Å². The number of carboxylic acids is 2. The van der Waals surface area contributed by atoms with E-state index in [2.05, 4.69) is 0 Å². The summed E-state index contributed by atoms with van der Waals surface area (Å²) in [6.45, 7) is 7.67. The molecule has 1 amide bonds. The van der Waals surface area contributed by atoms with Crippen LogP contribution in [0.5, 0.6) is 11.5 Å². The highest BCUT2D eigenvalue weighted by atomic mass is 32.1. The van der Waals surface area contributed by atoms with E-state index < -0.39 is 24.1 Å². The van der Waals surface area contributed by atoms with Crippen LogP contribution in [0.2, 0.25) is 0 Å². The summed E-state index contributed by atoms with van der Waals surface area (Å²) in [6.07, 6.45) is 0.939. The summed E-state index contributed by atoms with van der Waals surface area (Å²) in [4.78, 5) is 37.1. The number of thiophene rings is 1. The Bertz CT molecular complexity index is 1060. The Morgan fingerprint density at radius 3 is 2.41 bits per heavy atom. The van der Waals surface area contributed by atoms with Gasteiger partial charge in [0.1, 0.15) is 23.2 Å². The number of hydrogen-bond donors (Lipinski definition) is 2. The van der Waals surface area contributed by atoms with Crippen molar-refractivity contribution in [2.75, 3.05) is 19.7 Å². The molecule has 0 radical (unpaired) electrons. The Kier molecular flexibility index (Phi) is 7.71. The maximum absolute atomic E-state index is 12.3. The molecule has 1 fully saturated rings. The molecular weight excluding hydrogens is 462 g/mol. The van der Waals surface area contributed by atoms with E-state index >= 15 is 0 Å². The topological polar surface area (TPSA) is 123 Å². The van der Waals surface area contributed by atoms with Crippen molar-refractivity contribution in [3.8, 4) is 21.9 Å². The fourth-order valence-electron chi connectivity index (χ4n) is 3.61. The van der Waals surface area contributed by atoms with Crippen LogP contribution in [-0.4, -0.2) is 64.5 Å². The summed E-state index contributed by atoms with van der Waals surface area (Å²) in [5.74, 6) is -1.66. The molecule has 10 heteroatoms. The van der Waals surface area contributed by atoms with E-state index in [1.54, 1.807) is 11.8 Å². The zero-order chi connectivity index (χ0) is 25.0. The van der Waals surface area contributed by atoms with Gasteiger partial charge in [0, 0.05) is 36.4 Å². The molecule has 1 aromatic heterocycles. The molecule has 34 heavy (non-hydrogen) atoms. The van der Waals surface area contributed by atoms with Crippen molar-refractivity contribution in [3.05, 3.63) is 34.7 Å². The predicted octanol–water partition coefficient (Wildman–Crippen LogP) is 4.66. The van der Waals surface area contributed by atoms with Gasteiger partial charge in [-0.2, -0.15) is 0 Å². The van der Waals surface area contributed by atoms with Crippen LogP contribution in [0.4, 0.5) is 4.79 Å². The van der Waals surface area contributed by atoms with Crippen LogP contribution in [0.3, 0.4) is 0 Å². The third-order valence-electron chi connectivity index (χ3n) is 5.12. The highest BCUT2D eigenvalue weighted by molar-refractivity contribution is 7.18. The van der Waals surface area contributed by atoms with Gasteiger partial charge in [0.05, 0.1) is 0 Å². The van der Waals surface area contributed by atoms with Crippen LogP contribution in [0.1, 0.15) is 48.8 Å². The predicted molar refractivity (Wildman–Crippen MR) is 126 cm³/mol. The number of nitrogens with zero attached hydrogens (tertiary/aromatic N) is 1. The second kappa shape index (κ2) is 10.3. The maximum Gasteiger partial charge on any atom is 0.410 e. The van der Waals surface area contributed by atoms with E-state index in [1.807, 2.05) is 45.0 Å². The molecule has 1 saturated heterocycles. The molecule has 2 aromatic rings. The zero-order valence-corrected chi connectivity index (χ0v) is 20.4. The summed E-state index contributed by atoms with van der Waals surface area (Å²) >= 11 is 1.03. The molecule has 1 aromatic carbocycles. The van der Waals surface area contributed by atoms with E-state index in [9.17, 15) is 19.5 Å². The quantitative estimate of drug-likeness (QED) is 0.573. The summed E-state index contributed by atoms with van der Waals surface area (Å²) in [6, 6.07) is 7.31. The highest BCUT2D eigenvalue weighted by Crippen LogP contribution is 2.42. The summed E-state index contributed by atoms with van der Waals surface area (Å²) < 4.78 is 16.8. The molecule has 2 heterocycles. The van der Waals surface area contributed by atoms with Crippen LogP contribution in [0.25, 0.3) is 10.4 Å². The van der Waals surface area contributed by atoms with Gasteiger partial charge >= 0.3 is 18.0 Å². The van der Waals surface area contributed by atoms with Crippen molar-refractivity contribution in [3.63, 3.8) is 0 Å². The Morgan fingerprint density at radius 2 is 1.82 bits per heavy atom. The molecule has 1 aliphatic rings. The molecule has 0 aliphatic carbocycles. The number of benzene rings is 1. The van der Waals surface area contributed by atoms with Crippen molar-refractivity contribution >= 4 is 29.4 Å². The van der Waals surface area contributed by atoms with Gasteiger partial charge in [-0.3, -0.25) is 0 Å². The summed E-state index contributed by atoms with van der Waals surface area (Å²) in [7, 11) is 0. The number of aliphatic carboxylic acids is 1. The van der Waals surface area contributed by atoms with Crippen LogP contribution in [0, 0.1) is 6.92 Å². The number of carbonyl (C=O) groups is 3. The first-order chi connectivity index (χ1) is 15.9. The van der Waals surface area contributed by atoms with E-state index in [0.717, 1.165) is 16.9 Å². The number of piperidine rings is 1. The maximum atomic E-state index is 12.3. The number of carboxylic acid groups (broad SMARTS) is 2. The van der Waals surface area contributed by atoms with E-state index in [1.165, 1.54) is 0 Å². The molecule has 0 saturated carbocycles. The SMILES string of the molecule is Cc1c(-c2cccc(OC3CCN(C(=O)OC(C)(C)C)CC3)c2)sc(C(=O)O)c1OCC(=O)O. The molecule has 184 valence electrons. The van der Waals surface area contributed by atoms with Gasteiger partial charge in [-0.1, -0.05) is 12.1 Å². The van der Waals surface area contributed by atoms with Gasteiger partial charge < -0.3 is 29.3 Å². The first-order valence-corrected chi connectivity index (χ1v) is 11.7. The van der Waals surface area contributed by atoms with E-state index in [0.29, 0.717) is 42.1 Å². The minimum absolute atomic E-state index is 0.0467. The minimum Gasteiger partial charge on any atom is -0.490 e. The van der Waals surface area contributed by atoms with Crippen molar-refractivity contribution in [1.29, 1.82) is 0 Å². The van der Waals surface area contributed by atoms with Gasteiger partial charge in [0.25, 0.3) is 0 Å². The standard InChI is InChI=1S/C24H29NO8S/c1-14-19(31-13-18(26)27)21(22(28)29)34-20(14)15-6-5-7-17(12-15)32-16-8-10-25(11-9-16)23(30)33-24(2,3)4/h5-7,12,16H,8-11,13H2,1-4H3,(H,26,27)(H,28,29). The van der Waals surface area contributed by atoms with Crippen molar-refractivity contribution in [2.24, 2.45) is 0 Å². The number of likely N-dealkylation sites (tertiary alicyclic amines) is 1. The van der Waals surface area contributed by atoms with Crippen LogP contribution in [-0.2, 0) is 9.53 Å². The van der Waals surface area contributed by atoms with Gasteiger partial charge in [0.2, 0.25) is 0 Å². The molecule has 0 atom stereocenters. The summed E-state index contributed by atoms with van der Waals surface area (Å²) in [5, 5.41) is 18.4. The number of ether oxygens (including phenoxy) is 3. The molecular formula is C24H29NO8S. The number of rotatable bonds is 7. The van der Waals surface area contributed by atoms with Gasteiger partial charge in [0.15, 0.2) is 11.5 Å². The third kappa shape index (κ3) is 6.40. The second-order valence-corrected chi connectivity index (χ2v) is 10.0. The minimum atomic E-state index is -1.18. The lowest BCUT2D eigenvalue weighted by Gasteiger charge is -2.33. The fraction of sp³-hybridized carbons (Fsp3) is 0.458. The average molecular weight is 492 g/mol. The van der Waals surface area contributed by atoms with Crippen molar-refractivity contribution in [2.45, 2.75) is 52.2 Å².